The van der Waals surface area contributed by atoms with Crippen molar-refractivity contribution in [2.24, 2.45) is 5.92 Å². The standard InChI is InChI=1S/C5H8O3.C5H12/c6-3-5-4-7-1-2-8-5;1-4-5(2)3/h3,5H,1-2,4H2;5H,4H2,1-3H3. The summed E-state index contributed by atoms with van der Waals surface area (Å²) in [5, 5.41) is 0. The summed E-state index contributed by atoms with van der Waals surface area (Å²) in [5.74, 6) is 0.884. The van der Waals surface area contributed by atoms with Crippen molar-refractivity contribution < 1.29 is 14.3 Å². The Morgan fingerprint density at radius 1 is 1.46 bits per heavy atom. The van der Waals surface area contributed by atoms with Gasteiger partial charge in [0, 0.05) is 0 Å². The number of carbonyl (C=O) groups excluding carboxylic acids is 1. The van der Waals surface area contributed by atoms with Crippen molar-refractivity contribution in [3.63, 3.8) is 0 Å². The van der Waals surface area contributed by atoms with Crippen LogP contribution < -0.4 is 0 Å². The van der Waals surface area contributed by atoms with E-state index in [2.05, 4.69) is 20.8 Å². The van der Waals surface area contributed by atoms with E-state index in [1.54, 1.807) is 0 Å². The minimum atomic E-state index is -0.316. The Morgan fingerprint density at radius 3 is 2.31 bits per heavy atom. The van der Waals surface area contributed by atoms with Crippen LogP contribution in [-0.2, 0) is 14.3 Å². The van der Waals surface area contributed by atoms with Gasteiger partial charge in [-0.2, -0.15) is 0 Å². The fourth-order valence-corrected chi connectivity index (χ4v) is 0.585. The summed E-state index contributed by atoms with van der Waals surface area (Å²) in [4.78, 5) is 9.95. The summed E-state index contributed by atoms with van der Waals surface area (Å²) in [7, 11) is 0. The molecule has 0 aromatic heterocycles. The van der Waals surface area contributed by atoms with Crippen molar-refractivity contribution >= 4 is 6.29 Å². The zero-order chi connectivity index (χ0) is 10.1. The molecule has 0 bridgehead atoms. The number of ether oxygens (including phenoxy) is 2. The van der Waals surface area contributed by atoms with Gasteiger partial charge in [-0.15, -0.1) is 0 Å². The van der Waals surface area contributed by atoms with Gasteiger partial charge in [0.05, 0.1) is 19.8 Å². The molecule has 3 nitrogen and oxygen atoms in total. The maximum atomic E-state index is 9.95. The average Bonchev–Trinajstić information content (AvgIpc) is 2.20. The first kappa shape index (κ1) is 12.6. The summed E-state index contributed by atoms with van der Waals surface area (Å²) < 4.78 is 9.85. The van der Waals surface area contributed by atoms with Crippen LogP contribution in [0.4, 0.5) is 0 Å². The number of hydrogen-bond donors (Lipinski definition) is 0. The van der Waals surface area contributed by atoms with Crippen molar-refractivity contribution in [2.45, 2.75) is 33.3 Å². The molecule has 0 N–H and O–H groups in total. The highest BCUT2D eigenvalue weighted by atomic mass is 16.6. The Balaban J connectivity index is 0.000000252. The molecular formula is C10H20O3. The van der Waals surface area contributed by atoms with Crippen LogP contribution in [-0.4, -0.2) is 32.2 Å². The molecule has 0 saturated carbocycles. The van der Waals surface area contributed by atoms with E-state index < -0.39 is 0 Å². The lowest BCUT2D eigenvalue weighted by molar-refractivity contribution is -0.133. The number of rotatable bonds is 2. The predicted molar refractivity (Wildman–Crippen MR) is 51.8 cm³/mol. The SMILES string of the molecule is CCC(C)C.O=CC1COCCO1. The summed E-state index contributed by atoms with van der Waals surface area (Å²) in [6.07, 6.45) is 1.75. The summed E-state index contributed by atoms with van der Waals surface area (Å²) in [5.41, 5.74) is 0. The van der Waals surface area contributed by atoms with Crippen LogP contribution >= 0.6 is 0 Å². The fourth-order valence-electron chi connectivity index (χ4n) is 0.585. The molecule has 1 saturated heterocycles. The molecule has 1 atom stereocenters. The molecule has 0 aromatic carbocycles. The topological polar surface area (TPSA) is 35.5 Å². The first-order chi connectivity index (χ1) is 6.20. The highest BCUT2D eigenvalue weighted by Gasteiger charge is 2.11. The molecule has 0 spiro atoms. The molecule has 0 amide bonds. The first-order valence-electron chi connectivity index (χ1n) is 4.85. The normalized spacial score (nSPS) is 22.0. The van der Waals surface area contributed by atoms with Gasteiger partial charge in [-0.1, -0.05) is 27.2 Å². The van der Waals surface area contributed by atoms with E-state index in [1.165, 1.54) is 6.42 Å². The Morgan fingerprint density at radius 2 is 2.08 bits per heavy atom. The summed E-state index contributed by atoms with van der Waals surface area (Å²) >= 11 is 0. The van der Waals surface area contributed by atoms with Gasteiger partial charge in [0.2, 0.25) is 0 Å². The number of hydrogen-bond acceptors (Lipinski definition) is 3. The van der Waals surface area contributed by atoms with Gasteiger partial charge in [0.25, 0.3) is 0 Å². The molecule has 0 aliphatic carbocycles. The van der Waals surface area contributed by atoms with Crippen LogP contribution in [0.5, 0.6) is 0 Å². The van der Waals surface area contributed by atoms with Crippen LogP contribution in [0.25, 0.3) is 0 Å². The minimum absolute atomic E-state index is 0.316. The van der Waals surface area contributed by atoms with E-state index in [0.29, 0.717) is 19.8 Å². The zero-order valence-corrected chi connectivity index (χ0v) is 8.79. The van der Waals surface area contributed by atoms with Gasteiger partial charge < -0.3 is 14.3 Å². The number of aldehydes is 1. The summed E-state index contributed by atoms with van der Waals surface area (Å²) in [6, 6.07) is 0. The third-order valence-electron chi connectivity index (χ3n) is 1.81. The molecule has 1 heterocycles. The Hall–Kier alpha value is -0.410. The van der Waals surface area contributed by atoms with Crippen LogP contribution in [0.15, 0.2) is 0 Å². The van der Waals surface area contributed by atoms with Crippen LogP contribution in [0, 0.1) is 5.92 Å². The van der Waals surface area contributed by atoms with Gasteiger partial charge >= 0.3 is 0 Å². The fraction of sp³-hybridized carbons (Fsp3) is 0.900. The second kappa shape index (κ2) is 8.20. The molecule has 1 aliphatic rings. The quantitative estimate of drug-likeness (QED) is 0.618. The van der Waals surface area contributed by atoms with Gasteiger partial charge in [-0.3, -0.25) is 0 Å². The van der Waals surface area contributed by atoms with Gasteiger partial charge in [0.15, 0.2) is 6.29 Å². The van der Waals surface area contributed by atoms with Crippen molar-refractivity contribution in [3.05, 3.63) is 0 Å². The van der Waals surface area contributed by atoms with E-state index in [-0.39, 0.29) is 6.10 Å². The predicted octanol–water partition coefficient (Wildman–Crippen LogP) is 1.65. The van der Waals surface area contributed by atoms with Crippen molar-refractivity contribution in [1.82, 2.24) is 0 Å². The molecule has 1 aliphatic heterocycles. The minimum Gasteiger partial charge on any atom is -0.376 e. The van der Waals surface area contributed by atoms with Gasteiger partial charge in [0.1, 0.15) is 6.10 Å². The van der Waals surface area contributed by atoms with E-state index in [1.807, 2.05) is 0 Å². The first-order valence-corrected chi connectivity index (χ1v) is 4.85. The smallest absolute Gasteiger partial charge is 0.151 e. The molecule has 0 radical (unpaired) electrons. The van der Waals surface area contributed by atoms with Crippen molar-refractivity contribution in [1.29, 1.82) is 0 Å². The lowest BCUT2D eigenvalue weighted by Gasteiger charge is -2.17. The molecule has 1 fully saturated rings. The maximum absolute atomic E-state index is 9.95. The van der Waals surface area contributed by atoms with E-state index in [0.717, 1.165) is 12.2 Å². The van der Waals surface area contributed by atoms with Crippen LogP contribution in [0.3, 0.4) is 0 Å². The van der Waals surface area contributed by atoms with Crippen LogP contribution in [0.1, 0.15) is 27.2 Å². The van der Waals surface area contributed by atoms with Gasteiger partial charge in [-0.05, 0) is 5.92 Å². The molecule has 13 heavy (non-hydrogen) atoms. The molecule has 1 unspecified atom stereocenters. The Labute approximate surface area is 80.4 Å². The molecule has 3 heteroatoms. The lowest BCUT2D eigenvalue weighted by atomic mass is 10.2. The summed E-state index contributed by atoms with van der Waals surface area (Å²) in [6.45, 7) is 8.22. The molecule has 78 valence electrons. The largest absolute Gasteiger partial charge is 0.376 e. The lowest BCUT2D eigenvalue weighted by Crippen LogP contribution is -2.29. The second-order valence-corrected chi connectivity index (χ2v) is 3.42. The Kier molecular flexibility index (Phi) is 7.94. The maximum Gasteiger partial charge on any atom is 0.151 e. The molecular weight excluding hydrogens is 168 g/mol. The molecule has 0 aromatic rings. The highest BCUT2D eigenvalue weighted by molar-refractivity contribution is 5.56. The molecule has 1 rings (SSSR count). The van der Waals surface area contributed by atoms with E-state index in [9.17, 15) is 4.79 Å². The second-order valence-electron chi connectivity index (χ2n) is 3.42. The zero-order valence-electron chi connectivity index (χ0n) is 8.79. The monoisotopic (exact) mass is 188 g/mol. The highest BCUT2D eigenvalue weighted by Crippen LogP contribution is 1.95. The van der Waals surface area contributed by atoms with E-state index in [4.69, 9.17) is 9.47 Å². The Bertz CT molecular complexity index is 117. The van der Waals surface area contributed by atoms with E-state index >= 15 is 0 Å². The van der Waals surface area contributed by atoms with Crippen LogP contribution in [0.2, 0.25) is 0 Å². The van der Waals surface area contributed by atoms with Crippen molar-refractivity contribution in [2.75, 3.05) is 19.8 Å². The third-order valence-corrected chi connectivity index (χ3v) is 1.81. The van der Waals surface area contributed by atoms with Crippen molar-refractivity contribution in [3.8, 4) is 0 Å². The third kappa shape index (κ3) is 7.94. The number of carbonyl (C=O) groups is 1. The van der Waals surface area contributed by atoms with Gasteiger partial charge in [-0.25, -0.2) is 0 Å². The average molecular weight is 188 g/mol.